The molecule has 3 heterocycles. The van der Waals surface area contributed by atoms with Gasteiger partial charge in [-0.05, 0) is 18.2 Å². The van der Waals surface area contributed by atoms with Gasteiger partial charge in [0, 0.05) is 17.1 Å². The molecule has 4 N–H and O–H groups in total. The van der Waals surface area contributed by atoms with E-state index in [1.54, 1.807) is 25.3 Å². The van der Waals surface area contributed by atoms with Crippen molar-refractivity contribution in [2.75, 3.05) is 25.6 Å². The highest BCUT2D eigenvalue weighted by Gasteiger charge is 2.49. The minimum Gasteiger partial charge on any atom is -0.496 e. The molecule has 11 heteroatoms. The van der Waals surface area contributed by atoms with Crippen LogP contribution in [0.2, 0.25) is 5.02 Å². The van der Waals surface area contributed by atoms with Gasteiger partial charge < -0.3 is 30.1 Å². The van der Waals surface area contributed by atoms with Crippen LogP contribution in [-0.4, -0.2) is 66.9 Å². The summed E-state index contributed by atoms with van der Waals surface area (Å²) >= 11 is 6.07. The van der Waals surface area contributed by atoms with Gasteiger partial charge in [-0.1, -0.05) is 11.6 Å². The molecule has 1 aromatic carbocycles. The first-order valence-electron chi connectivity index (χ1n) is 8.83. The summed E-state index contributed by atoms with van der Waals surface area (Å²) in [6, 6.07) is 5.32. The Morgan fingerprint density at radius 1 is 1.38 bits per heavy atom. The molecule has 1 fully saturated rings. The number of ether oxygens (including phenoxy) is 2. The predicted molar refractivity (Wildman–Crippen MR) is 104 cm³/mol. The largest absolute Gasteiger partial charge is 0.496 e. The van der Waals surface area contributed by atoms with Gasteiger partial charge in [0.05, 0.1) is 26.7 Å². The van der Waals surface area contributed by atoms with Crippen LogP contribution >= 0.6 is 11.6 Å². The molecule has 0 amide bonds. The van der Waals surface area contributed by atoms with E-state index in [0.29, 0.717) is 34.3 Å². The molecular weight excluding hydrogens is 402 g/mol. The zero-order chi connectivity index (χ0) is 20.6. The Bertz CT molecular complexity index is 1030. The lowest BCUT2D eigenvalue weighted by atomic mass is 10.0. The second-order valence-corrected chi connectivity index (χ2v) is 7.20. The zero-order valence-electron chi connectivity index (χ0n) is 15.5. The Kier molecular flexibility index (Phi) is 5.28. The molecule has 0 bridgehead atoms. The number of imidazole rings is 1. The number of methoxy groups -OCH3 is 1. The Labute approximate surface area is 170 Å². The molecule has 29 heavy (non-hydrogen) atoms. The van der Waals surface area contributed by atoms with Gasteiger partial charge in [0.2, 0.25) is 0 Å². The maximum Gasteiger partial charge on any atom is 0.167 e. The zero-order valence-corrected chi connectivity index (χ0v) is 16.2. The highest BCUT2D eigenvalue weighted by molar-refractivity contribution is 6.30. The first-order chi connectivity index (χ1) is 14.0. The number of aliphatic hydroxyl groups is 3. The van der Waals surface area contributed by atoms with E-state index < -0.39 is 24.5 Å². The molecule has 0 unspecified atom stereocenters. The lowest BCUT2D eigenvalue weighted by Gasteiger charge is -2.24. The second kappa shape index (κ2) is 7.73. The Morgan fingerprint density at radius 3 is 2.93 bits per heavy atom. The molecule has 1 aliphatic rings. The van der Waals surface area contributed by atoms with E-state index in [0.717, 1.165) is 5.56 Å². The molecule has 2 aromatic heterocycles. The number of nitrogens with zero attached hydrogens (tertiary/aromatic N) is 4. The van der Waals surface area contributed by atoms with Crippen molar-refractivity contribution < 1.29 is 24.8 Å². The Balaban J connectivity index is 1.61. The third-order valence-electron chi connectivity index (χ3n) is 4.92. The summed E-state index contributed by atoms with van der Waals surface area (Å²) in [7, 11) is 1.58. The molecular formula is C18H20ClN5O5. The van der Waals surface area contributed by atoms with Crippen LogP contribution in [0.1, 0.15) is 11.8 Å². The third-order valence-corrected chi connectivity index (χ3v) is 5.16. The average Bonchev–Trinajstić information content (AvgIpc) is 3.28. The van der Waals surface area contributed by atoms with Gasteiger partial charge in [-0.3, -0.25) is 4.57 Å². The quantitative estimate of drug-likeness (QED) is 0.453. The SMILES string of the molecule is COc1ccc(Cl)cc1CNc1ncnc2c1ncn2[C@@H]1OC[C@@](O)(CO)[C@H]1O. The fourth-order valence-corrected chi connectivity index (χ4v) is 3.47. The highest BCUT2D eigenvalue weighted by atomic mass is 35.5. The molecule has 0 aliphatic carbocycles. The number of benzene rings is 1. The number of hydrogen-bond donors (Lipinski definition) is 4. The van der Waals surface area contributed by atoms with Gasteiger partial charge in [0.25, 0.3) is 0 Å². The van der Waals surface area contributed by atoms with Crippen molar-refractivity contribution in [2.45, 2.75) is 24.5 Å². The van der Waals surface area contributed by atoms with E-state index in [-0.39, 0.29) is 6.61 Å². The molecule has 3 atom stereocenters. The van der Waals surface area contributed by atoms with Crippen LogP contribution in [0.3, 0.4) is 0 Å². The summed E-state index contributed by atoms with van der Waals surface area (Å²) in [5, 5.41) is 33.7. The summed E-state index contributed by atoms with van der Waals surface area (Å²) in [5.41, 5.74) is -0.0253. The van der Waals surface area contributed by atoms with Gasteiger partial charge in [-0.25, -0.2) is 15.0 Å². The molecule has 0 spiro atoms. The maximum atomic E-state index is 10.4. The van der Waals surface area contributed by atoms with Crippen molar-refractivity contribution in [1.82, 2.24) is 19.5 Å². The normalized spacial score (nSPS) is 24.2. The number of anilines is 1. The van der Waals surface area contributed by atoms with E-state index in [2.05, 4.69) is 20.3 Å². The highest BCUT2D eigenvalue weighted by Crippen LogP contribution is 2.34. The third kappa shape index (κ3) is 3.49. The minimum atomic E-state index is -1.74. The molecule has 3 aromatic rings. The van der Waals surface area contributed by atoms with Crippen molar-refractivity contribution in [3.63, 3.8) is 0 Å². The van der Waals surface area contributed by atoms with Crippen molar-refractivity contribution in [3.05, 3.63) is 41.4 Å². The van der Waals surface area contributed by atoms with Crippen LogP contribution in [-0.2, 0) is 11.3 Å². The predicted octanol–water partition coefficient (Wildman–Crippen LogP) is 0.713. The Morgan fingerprint density at radius 2 is 2.21 bits per heavy atom. The first-order valence-corrected chi connectivity index (χ1v) is 9.21. The molecule has 154 valence electrons. The summed E-state index contributed by atoms with van der Waals surface area (Å²) in [5.74, 6) is 1.16. The number of rotatable bonds is 6. The molecule has 1 saturated heterocycles. The number of hydrogen-bond acceptors (Lipinski definition) is 9. The minimum absolute atomic E-state index is 0.209. The average molecular weight is 422 g/mol. The van der Waals surface area contributed by atoms with E-state index >= 15 is 0 Å². The Hall–Kier alpha value is -2.50. The van der Waals surface area contributed by atoms with Crippen molar-refractivity contribution in [2.24, 2.45) is 0 Å². The van der Waals surface area contributed by atoms with Crippen LogP contribution in [0, 0.1) is 0 Å². The lowest BCUT2D eigenvalue weighted by molar-refractivity contribution is -0.0873. The monoisotopic (exact) mass is 421 g/mol. The second-order valence-electron chi connectivity index (χ2n) is 6.76. The first kappa shape index (κ1) is 19.8. The maximum absolute atomic E-state index is 10.4. The van der Waals surface area contributed by atoms with Crippen LogP contribution in [0.25, 0.3) is 11.2 Å². The molecule has 1 aliphatic heterocycles. The molecule has 0 saturated carbocycles. The standard InChI is InChI=1S/C18H20ClN5O5/c1-28-12-3-2-11(19)4-10(12)5-20-15-13-16(22-8-21-15)24(9-23-13)17-14(26)18(27,6-25)7-29-17/h2-4,8-9,14,17,25-27H,5-7H2,1H3,(H,20,21,22)/t14-,17+,18-/m0/s1. The van der Waals surface area contributed by atoms with Gasteiger partial charge in [-0.2, -0.15) is 0 Å². The fraction of sp³-hybridized carbons (Fsp3) is 0.389. The number of halogens is 1. The molecule has 10 nitrogen and oxygen atoms in total. The van der Waals surface area contributed by atoms with E-state index in [1.807, 2.05) is 0 Å². The summed E-state index contributed by atoms with van der Waals surface area (Å²) < 4.78 is 12.3. The van der Waals surface area contributed by atoms with E-state index in [1.165, 1.54) is 17.2 Å². The lowest BCUT2D eigenvalue weighted by Crippen LogP contribution is -2.46. The van der Waals surface area contributed by atoms with Crippen molar-refractivity contribution >= 4 is 28.6 Å². The van der Waals surface area contributed by atoms with Crippen LogP contribution < -0.4 is 10.1 Å². The molecule has 4 rings (SSSR count). The number of aromatic nitrogens is 4. The number of fused-ring (bicyclic) bond motifs is 1. The number of aliphatic hydroxyl groups excluding tert-OH is 2. The van der Waals surface area contributed by atoms with Gasteiger partial charge in [-0.15, -0.1) is 0 Å². The molecule has 0 radical (unpaired) electrons. The van der Waals surface area contributed by atoms with Crippen LogP contribution in [0.15, 0.2) is 30.9 Å². The number of nitrogens with one attached hydrogen (secondary N) is 1. The van der Waals surface area contributed by atoms with Gasteiger partial charge in [0.1, 0.15) is 23.8 Å². The van der Waals surface area contributed by atoms with Crippen molar-refractivity contribution in [3.8, 4) is 5.75 Å². The summed E-state index contributed by atoms with van der Waals surface area (Å²) in [6.07, 6.45) is 0.527. The van der Waals surface area contributed by atoms with Gasteiger partial charge in [0.15, 0.2) is 23.2 Å². The van der Waals surface area contributed by atoms with E-state index in [4.69, 9.17) is 21.1 Å². The van der Waals surface area contributed by atoms with Crippen molar-refractivity contribution in [1.29, 1.82) is 0 Å². The van der Waals surface area contributed by atoms with E-state index in [9.17, 15) is 15.3 Å². The van der Waals surface area contributed by atoms with Crippen LogP contribution in [0.5, 0.6) is 5.75 Å². The summed E-state index contributed by atoms with van der Waals surface area (Å²) in [6.45, 7) is -0.449. The smallest absolute Gasteiger partial charge is 0.167 e. The van der Waals surface area contributed by atoms with Crippen LogP contribution in [0.4, 0.5) is 5.82 Å². The van der Waals surface area contributed by atoms with Gasteiger partial charge >= 0.3 is 0 Å². The topological polar surface area (TPSA) is 135 Å². The fourth-order valence-electron chi connectivity index (χ4n) is 3.27. The summed E-state index contributed by atoms with van der Waals surface area (Å²) in [4.78, 5) is 12.8.